The summed E-state index contributed by atoms with van der Waals surface area (Å²) in [5.41, 5.74) is 2.86. The zero-order valence-corrected chi connectivity index (χ0v) is 16.7. The van der Waals surface area contributed by atoms with Gasteiger partial charge >= 0.3 is 0 Å². The first-order valence-corrected chi connectivity index (χ1v) is 9.43. The van der Waals surface area contributed by atoms with Crippen LogP contribution in [0.15, 0.2) is 59.2 Å². The molecule has 0 unspecified atom stereocenters. The van der Waals surface area contributed by atoms with E-state index >= 15 is 0 Å². The van der Waals surface area contributed by atoms with Crippen LogP contribution < -0.4 is 5.32 Å². The Hall–Kier alpha value is -2.41. The van der Waals surface area contributed by atoms with E-state index in [9.17, 15) is 4.79 Å². The number of fused-ring (bicyclic) bond motifs is 1. The van der Waals surface area contributed by atoms with Crippen molar-refractivity contribution in [3.05, 3.63) is 74.9 Å². The maximum Gasteiger partial charge on any atom is 0.273 e. The van der Waals surface area contributed by atoms with Crippen LogP contribution in [0.4, 0.5) is 5.69 Å². The number of nitrogens with zero attached hydrogens (tertiary/aromatic N) is 2. The Labute approximate surface area is 172 Å². The van der Waals surface area contributed by atoms with E-state index < -0.39 is 0 Å². The minimum absolute atomic E-state index is 0.308. The molecular weight excluding hydrogens is 451 g/mol. The third-order valence-corrected chi connectivity index (χ3v) is 5.23. The van der Waals surface area contributed by atoms with Crippen molar-refractivity contribution in [2.45, 2.75) is 0 Å². The molecule has 27 heavy (non-hydrogen) atoms. The predicted octanol–water partition coefficient (Wildman–Crippen LogP) is 5.95. The lowest BCUT2D eigenvalue weighted by Gasteiger charge is -2.08. The number of H-pyrrole nitrogens is 1. The zero-order chi connectivity index (χ0) is 19.0. The molecule has 0 aliphatic carbocycles. The Morgan fingerprint density at radius 1 is 1.11 bits per heavy atom. The van der Waals surface area contributed by atoms with Crippen LogP contribution in [0.25, 0.3) is 22.2 Å². The van der Waals surface area contributed by atoms with Crippen LogP contribution in [0.5, 0.6) is 0 Å². The summed E-state index contributed by atoms with van der Waals surface area (Å²) in [6, 6.07) is 14.2. The number of amides is 1. The molecule has 0 saturated heterocycles. The number of halogens is 3. The Kier molecular flexibility index (Phi) is 4.86. The van der Waals surface area contributed by atoms with E-state index in [-0.39, 0.29) is 5.91 Å². The summed E-state index contributed by atoms with van der Waals surface area (Å²) in [5.74, 6) is -0.326. The van der Waals surface area contributed by atoms with Crippen LogP contribution in [-0.4, -0.2) is 21.1 Å². The fourth-order valence-electron chi connectivity index (χ4n) is 2.70. The molecule has 1 amide bonds. The smallest absolute Gasteiger partial charge is 0.273 e. The van der Waals surface area contributed by atoms with Gasteiger partial charge in [0.1, 0.15) is 5.69 Å². The lowest BCUT2D eigenvalue weighted by Crippen LogP contribution is -2.13. The molecule has 0 aliphatic rings. The Morgan fingerprint density at radius 2 is 1.96 bits per heavy atom. The van der Waals surface area contributed by atoms with Crippen molar-refractivity contribution in [1.29, 1.82) is 0 Å². The van der Waals surface area contributed by atoms with Gasteiger partial charge in [-0.3, -0.25) is 14.9 Å². The number of carbonyl (C=O) groups is 1. The number of nitrogens with one attached hydrogen (secondary N) is 2. The van der Waals surface area contributed by atoms with E-state index in [2.05, 4.69) is 36.4 Å². The van der Waals surface area contributed by atoms with Gasteiger partial charge < -0.3 is 5.32 Å². The van der Waals surface area contributed by atoms with Gasteiger partial charge in [0.15, 0.2) is 0 Å². The van der Waals surface area contributed by atoms with Gasteiger partial charge in [-0.25, -0.2) is 0 Å². The second kappa shape index (κ2) is 7.31. The van der Waals surface area contributed by atoms with Crippen LogP contribution in [0.1, 0.15) is 10.5 Å². The number of carbonyl (C=O) groups excluding carboxylic acids is 1. The number of aromatic amines is 1. The van der Waals surface area contributed by atoms with Gasteiger partial charge in [-0.15, -0.1) is 0 Å². The van der Waals surface area contributed by atoms with Crippen molar-refractivity contribution in [2.75, 3.05) is 5.32 Å². The molecule has 2 aromatic carbocycles. The molecule has 0 saturated carbocycles. The summed E-state index contributed by atoms with van der Waals surface area (Å²) in [6.07, 6.45) is 1.68. The Balaban J connectivity index is 1.64. The molecule has 0 spiro atoms. The summed E-state index contributed by atoms with van der Waals surface area (Å²) < 4.78 is 0.907. The van der Waals surface area contributed by atoms with Gasteiger partial charge in [-0.2, -0.15) is 5.10 Å². The molecule has 0 fully saturated rings. The van der Waals surface area contributed by atoms with E-state index in [0.717, 1.165) is 9.86 Å². The molecule has 0 radical (unpaired) electrons. The van der Waals surface area contributed by atoms with Crippen LogP contribution >= 0.6 is 39.1 Å². The Morgan fingerprint density at radius 3 is 2.78 bits per heavy atom. The van der Waals surface area contributed by atoms with Crippen molar-refractivity contribution in [2.24, 2.45) is 0 Å². The maximum atomic E-state index is 12.7. The van der Waals surface area contributed by atoms with Crippen molar-refractivity contribution in [3.8, 4) is 11.3 Å². The minimum Gasteiger partial charge on any atom is -0.319 e. The van der Waals surface area contributed by atoms with E-state index in [1.807, 2.05) is 18.2 Å². The third-order valence-electron chi connectivity index (χ3n) is 3.99. The van der Waals surface area contributed by atoms with Gasteiger partial charge in [0.05, 0.1) is 21.9 Å². The number of hydrogen-bond acceptors (Lipinski definition) is 3. The average molecular weight is 462 g/mol. The summed E-state index contributed by atoms with van der Waals surface area (Å²) in [6.45, 7) is 0. The predicted molar refractivity (Wildman–Crippen MR) is 111 cm³/mol. The molecule has 4 rings (SSSR count). The first-order chi connectivity index (χ1) is 13.0. The molecule has 2 aromatic heterocycles. The average Bonchev–Trinajstić information content (AvgIpc) is 3.14. The van der Waals surface area contributed by atoms with Gasteiger partial charge in [0.25, 0.3) is 5.91 Å². The molecule has 134 valence electrons. The molecule has 0 aliphatic heterocycles. The fraction of sp³-hybridized carbons (Fsp3) is 0. The molecular formula is C19H11BrCl2N4O. The van der Waals surface area contributed by atoms with Gasteiger partial charge in [-0.05, 0) is 42.5 Å². The monoisotopic (exact) mass is 460 g/mol. The molecule has 5 nitrogen and oxygen atoms in total. The van der Waals surface area contributed by atoms with Crippen molar-refractivity contribution >= 4 is 61.6 Å². The molecule has 8 heteroatoms. The van der Waals surface area contributed by atoms with Gasteiger partial charge in [-0.1, -0.05) is 45.2 Å². The summed E-state index contributed by atoms with van der Waals surface area (Å²) in [5, 5.41) is 11.7. The topological polar surface area (TPSA) is 70.7 Å². The van der Waals surface area contributed by atoms with Crippen LogP contribution in [0, 0.1) is 0 Å². The lowest BCUT2D eigenvalue weighted by molar-refractivity contribution is 0.102. The highest BCUT2D eigenvalue weighted by molar-refractivity contribution is 9.10. The minimum atomic E-state index is -0.326. The highest BCUT2D eigenvalue weighted by Crippen LogP contribution is 2.30. The SMILES string of the molecule is O=C(Nc1ccc(Br)c2cccnc12)c1cc(-c2ccc(Cl)cc2Cl)n[nH]1. The van der Waals surface area contributed by atoms with Crippen molar-refractivity contribution in [1.82, 2.24) is 15.2 Å². The fourth-order valence-corrected chi connectivity index (χ4v) is 3.66. The highest BCUT2D eigenvalue weighted by atomic mass is 79.9. The number of hydrogen-bond donors (Lipinski definition) is 2. The first kappa shape index (κ1) is 18.0. The molecule has 0 bridgehead atoms. The molecule has 2 N–H and O–H groups in total. The van der Waals surface area contributed by atoms with E-state index in [4.69, 9.17) is 23.2 Å². The van der Waals surface area contributed by atoms with Crippen molar-refractivity contribution in [3.63, 3.8) is 0 Å². The second-order valence-electron chi connectivity index (χ2n) is 5.74. The Bertz CT molecular complexity index is 1180. The number of benzene rings is 2. The van der Waals surface area contributed by atoms with E-state index in [1.54, 1.807) is 36.5 Å². The van der Waals surface area contributed by atoms with Gasteiger partial charge in [0, 0.05) is 26.6 Å². The lowest BCUT2D eigenvalue weighted by atomic mass is 10.1. The molecule has 4 aromatic rings. The largest absolute Gasteiger partial charge is 0.319 e. The van der Waals surface area contributed by atoms with Crippen LogP contribution in [0.2, 0.25) is 10.0 Å². The highest BCUT2D eigenvalue weighted by Gasteiger charge is 2.15. The molecule has 0 atom stereocenters. The summed E-state index contributed by atoms with van der Waals surface area (Å²) in [4.78, 5) is 17.0. The molecule has 2 heterocycles. The quantitative estimate of drug-likeness (QED) is 0.396. The van der Waals surface area contributed by atoms with Crippen LogP contribution in [0.3, 0.4) is 0 Å². The summed E-state index contributed by atoms with van der Waals surface area (Å²) in [7, 11) is 0. The third kappa shape index (κ3) is 3.56. The zero-order valence-electron chi connectivity index (χ0n) is 13.6. The van der Waals surface area contributed by atoms with Crippen LogP contribution in [-0.2, 0) is 0 Å². The number of rotatable bonds is 3. The number of aromatic nitrogens is 3. The van der Waals surface area contributed by atoms with Crippen molar-refractivity contribution < 1.29 is 4.79 Å². The summed E-state index contributed by atoms with van der Waals surface area (Å²) >= 11 is 15.6. The second-order valence-corrected chi connectivity index (χ2v) is 7.44. The number of anilines is 1. The standard InChI is InChI=1S/C19H11BrCl2N4O/c20-13-5-6-15(18-11(13)2-1-7-23-18)24-19(27)17-9-16(25-26-17)12-4-3-10(21)8-14(12)22/h1-9H,(H,24,27)(H,25,26). The number of pyridine rings is 1. The van der Waals surface area contributed by atoms with E-state index in [1.165, 1.54) is 0 Å². The first-order valence-electron chi connectivity index (χ1n) is 7.88. The van der Waals surface area contributed by atoms with Gasteiger partial charge in [0.2, 0.25) is 0 Å². The van der Waals surface area contributed by atoms with E-state index in [0.29, 0.717) is 38.2 Å². The maximum absolute atomic E-state index is 12.7. The normalized spacial score (nSPS) is 10.9.